The topological polar surface area (TPSA) is 0 Å². The summed E-state index contributed by atoms with van der Waals surface area (Å²) in [6.45, 7) is 0. The Hall–Kier alpha value is 0.647. The molecule has 60 valence electrons. The van der Waals surface area contributed by atoms with E-state index in [4.69, 9.17) is 0 Å². The van der Waals surface area contributed by atoms with Gasteiger partial charge < -0.3 is 0 Å². The van der Waals surface area contributed by atoms with Crippen LogP contribution in [0, 0.1) is 3.57 Å². The van der Waals surface area contributed by atoms with Crippen molar-refractivity contribution in [1.29, 1.82) is 0 Å². The fraction of sp³-hybridized carbons (Fsp3) is 0.250. The fourth-order valence-corrected chi connectivity index (χ4v) is 3.22. The van der Waals surface area contributed by atoms with E-state index in [2.05, 4.69) is 56.7 Å². The van der Waals surface area contributed by atoms with E-state index in [-0.39, 0.29) is 0 Å². The van der Waals surface area contributed by atoms with E-state index in [1.807, 2.05) is 0 Å². The summed E-state index contributed by atoms with van der Waals surface area (Å²) >= 11 is 5.95. The zero-order valence-electron chi connectivity index (χ0n) is 6.40. The third-order valence-electron chi connectivity index (χ3n) is 1.56. The predicted molar refractivity (Wildman–Crippen MR) is 65.3 cm³/mol. The van der Waals surface area contributed by atoms with Crippen molar-refractivity contribution in [3.8, 4) is 0 Å². The van der Waals surface area contributed by atoms with Crippen LogP contribution in [0.4, 0.5) is 0 Å². The first-order chi connectivity index (χ1) is 5.25. The molecular formula is C8H10BrISi. The van der Waals surface area contributed by atoms with Crippen LogP contribution < -0.4 is 0 Å². The lowest BCUT2D eigenvalue weighted by Gasteiger charge is -2.04. The van der Waals surface area contributed by atoms with Gasteiger partial charge in [-0.15, -0.1) is 0 Å². The van der Waals surface area contributed by atoms with Gasteiger partial charge >= 0.3 is 0 Å². The van der Waals surface area contributed by atoms with Gasteiger partial charge in [-0.3, -0.25) is 0 Å². The van der Waals surface area contributed by atoms with Gasteiger partial charge in [0.25, 0.3) is 0 Å². The smallest absolute Gasteiger partial charge is 0.0217 e. The second kappa shape index (κ2) is 4.62. The normalized spacial score (nSPS) is 10.4. The average molecular weight is 341 g/mol. The molecule has 0 amide bonds. The summed E-state index contributed by atoms with van der Waals surface area (Å²) in [5.41, 5.74) is 1.48. The molecule has 0 saturated carbocycles. The van der Waals surface area contributed by atoms with Crippen LogP contribution in [0.3, 0.4) is 0 Å². The van der Waals surface area contributed by atoms with E-state index >= 15 is 0 Å². The van der Waals surface area contributed by atoms with Gasteiger partial charge in [0, 0.05) is 18.3 Å². The highest BCUT2D eigenvalue weighted by atomic mass is 127. The van der Waals surface area contributed by atoms with Crippen molar-refractivity contribution in [2.45, 2.75) is 12.5 Å². The third kappa shape index (κ3) is 2.56. The summed E-state index contributed by atoms with van der Waals surface area (Å²) in [5.74, 6) is 0. The quantitative estimate of drug-likeness (QED) is 0.573. The Morgan fingerprint density at radius 2 is 2.18 bits per heavy atom. The van der Waals surface area contributed by atoms with Crippen LogP contribution in [0.1, 0.15) is 5.56 Å². The Morgan fingerprint density at radius 1 is 1.45 bits per heavy atom. The average Bonchev–Trinajstić information content (AvgIpc) is 1.97. The van der Waals surface area contributed by atoms with Crippen molar-refractivity contribution in [3.05, 3.63) is 31.8 Å². The van der Waals surface area contributed by atoms with Crippen LogP contribution >= 0.6 is 38.5 Å². The Kier molecular flexibility index (Phi) is 4.09. The second-order valence-electron chi connectivity index (χ2n) is 2.45. The van der Waals surface area contributed by atoms with Crippen LogP contribution in [0.15, 0.2) is 22.7 Å². The monoisotopic (exact) mass is 340 g/mol. The molecule has 0 bridgehead atoms. The molecule has 0 spiro atoms. The molecule has 1 aromatic rings. The molecule has 1 aromatic carbocycles. The third-order valence-corrected chi connectivity index (χ3v) is 3.82. The summed E-state index contributed by atoms with van der Waals surface area (Å²) in [7, 11) is 1.30. The highest BCUT2D eigenvalue weighted by molar-refractivity contribution is 14.1. The van der Waals surface area contributed by atoms with E-state index in [0.717, 1.165) is 0 Å². The van der Waals surface area contributed by atoms with E-state index in [1.165, 1.54) is 36.3 Å². The van der Waals surface area contributed by atoms with Gasteiger partial charge in [-0.2, -0.15) is 0 Å². The summed E-state index contributed by atoms with van der Waals surface area (Å²) in [5, 5.41) is 0. The zero-order chi connectivity index (χ0) is 8.27. The predicted octanol–water partition coefficient (Wildman–Crippen LogP) is 2.38. The summed E-state index contributed by atoms with van der Waals surface area (Å²) < 4.78 is 2.65. The first-order valence-electron chi connectivity index (χ1n) is 3.68. The molecule has 3 heteroatoms. The number of halogens is 2. The zero-order valence-corrected chi connectivity index (χ0v) is 12.1. The maximum Gasteiger partial charge on any atom is 0.0217 e. The molecular weight excluding hydrogens is 331 g/mol. The van der Waals surface area contributed by atoms with Crippen LogP contribution in [0.2, 0.25) is 6.04 Å². The lowest BCUT2D eigenvalue weighted by Crippen LogP contribution is -1.89. The van der Waals surface area contributed by atoms with Crippen molar-refractivity contribution >= 4 is 48.8 Å². The first-order valence-corrected chi connectivity index (χ1v) is 6.97. The molecule has 0 fully saturated rings. The Morgan fingerprint density at radius 3 is 2.73 bits per heavy atom. The minimum atomic E-state index is 1.23. The molecule has 0 aliphatic carbocycles. The molecule has 0 aliphatic heterocycles. The highest BCUT2D eigenvalue weighted by Crippen LogP contribution is 2.23. The molecule has 0 aromatic heterocycles. The molecule has 0 atom stereocenters. The standard InChI is InChI=1S/C8H10BrISi/c9-7-2-1-3-8(10)6(7)4-5-11/h1-3H,4-5H2,11H3. The fourth-order valence-electron chi connectivity index (χ4n) is 1.02. The van der Waals surface area contributed by atoms with Crippen molar-refractivity contribution in [2.24, 2.45) is 0 Å². The highest BCUT2D eigenvalue weighted by Gasteiger charge is 2.01. The van der Waals surface area contributed by atoms with Crippen LogP contribution in [-0.2, 0) is 6.42 Å². The molecule has 0 nitrogen and oxygen atoms in total. The van der Waals surface area contributed by atoms with E-state index in [0.29, 0.717) is 0 Å². The molecule has 0 unspecified atom stereocenters. The molecule has 0 heterocycles. The Balaban J connectivity index is 3.00. The van der Waals surface area contributed by atoms with Crippen LogP contribution in [-0.4, -0.2) is 10.2 Å². The number of hydrogen-bond acceptors (Lipinski definition) is 0. The molecule has 0 aliphatic rings. The molecule has 0 N–H and O–H groups in total. The van der Waals surface area contributed by atoms with Crippen molar-refractivity contribution in [1.82, 2.24) is 0 Å². The summed E-state index contributed by atoms with van der Waals surface area (Å²) in [4.78, 5) is 0. The van der Waals surface area contributed by atoms with Gasteiger partial charge in [-0.05, 0) is 46.7 Å². The lowest BCUT2D eigenvalue weighted by molar-refractivity contribution is 1.11. The van der Waals surface area contributed by atoms with Crippen molar-refractivity contribution in [3.63, 3.8) is 0 Å². The Labute approximate surface area is 92.5 Å². The van der Waals surface area contributed by atoms with E-state index in [1.54, 1.807) is 0 Å². The van der Waals surface area contributed by atoms with Gasteiger partial charge in [0.05, 0.1) is 0 Å². The number of rotatable bonds is 2. The molecule has 11 heavy (non-hydrogen) atoms. The maximum atomic E-state index is 3.56. The molecule has 1 rings (SSSR count). The molecule has 0 saturated heterocycles. The minimum absolute atomic E-state index is 1.23. The van der Waals surface area contributed by atoms with Crippen LogP contribution in [0.5, 0.6) is 0 Å². The van der Waals surface area contributed by atoms with Crippen LogP contribution in [0.25, 0.3) is 0 Å². The van der Waals surface area contributed by atoms with Crippen molar-refractivity contribution < 1.29 is 0 Å². The largest absolute Gasteiger partial charge is 0.0618 e. The van der Waals surface area contributed by atoms with Gasteiger partial charge in [0.1, 0.15) is 0 Å². The number of hydrogen-bond donors (Lipinski definition) is 0. The van der Waals surface area contributed by atoms with Crippen molar-refractivity contribution in [2.75, 3.05) is 0 Å². The first kappa shape index (κ1) is 9.73. The van der Waals surface area contributed by atoms with E-state index in [9.17, 15) is 0 Å². The van der Waals surface area contributed by atoms with Gasteiger partial charge in [0.15, 0.2) is 0 Å². The van der Waals surface area contributed by atoms with Gasteiger partial charge in [-0.1, -0.05) is 28.0 Å². The second-order valence-corrected chi connectivity index (χ2v) is 5.47. The maximum absolute atomic E-state index is 3.56. The molecule has 0 radical (unpaired) electrons. The lowest BCUT2D eigenvalue weighted by atomic mass is 10.2. The number of benzene rings is 1. The summed E-state index contributed by atoms with van der Waals surface area (Å²) in [6, 6.07) is 7.72. The summed E-state index contributed by atoms with van der Waals surface area (Å²) in [6.07, 6.45) is 1.23. The Bertz CT molecular complexity index is 230. The van der Waals surface area contributed by atoms with E-state index < -0.39 is 0 Å². The van der Waals surface area contributed by atoms with Gasteiger partial charge in [0.2, 0.25) is 0 Å². The van der Waals surface area contributed by atoms with Gasteiger partial charge in [-0.25, -0.2) is 0 Å². The minimum Gasteiger partial charge on any atom is -0.0618 e. The SMILES string of the molecule is [SiH3]CCc1c(Br)cccc1I.